The average molecular weight is 301 g/mol. The Labute approximate surface area is 130 Å². The minimum Gasteiger partial charge on any atom is -0.370 e. The van der Waals surface area contributed by atoms with Gasteiger partial charge in [-0.2, -0.15) is 0 Å². The molecule has 0 radical (unpaired) electrons. The molecule has 1 unspecified atom stereocenters. The van der Waals surface area contributed by atoms with Gasteiger partial charge in [-0.3, -0.25) is 4.99 Å². The van der Waals surface area contributed by atoms with E-state index in [9.17, 15) is 0 Å². The van der Waals surface area contributed by atoms with Crippen LogP contribution in [0, 0.1) is 5.92 Å². The third-order valence-corrected chi connectivity index (χ3v) is 4.16. The fourth-order valence-electron chi connectivity index (χ4n) is 2.13. The number of thiophene rings is 1. The van der Waals surface area contributed by atoms with E-state index in [2.05, 4.69) is 59.0 Å². The molecule has 0 aliphatic carbocycles. The average Bonchev–Trinajstić information content (AvgIpc) is 2.99. The number of nitrogens with two attached hydrogens (primary N) is 1. The van der Waals surface area contributed by atoms with Gasteiger partial charge in [0, 0.05) is 18.0 Å². The molecule has 2 rings (SSSR count). The minimum atomic E-state index is 0.512. The van der Waals surface area contributed by atoms with E-state index in [0.717, 1.165) is 25.9 Å². The highest BCUT2D eigenvalue weighted by Crippen LogP contribution is 2.14. The molecule has 0 amide bonds. The van der Waals surface area contributed by atoms with Gasteiger partial charge in [0.05, 0.1) is 0 Å². The summed E-state index contributed by atoms with van der Waals surface area (Å²) in [5, 5.41) is 5.29. The van der Waals surface area contributed by atoms with Crippen LogP contribution in [-0.4, -0.2) is 19.0 Å². The number of nitrogens with one attached hydrogen (secondary N) is 1. The molecule has 0 bridgehead atoms. The van der Waals surface area contributed by atoms with Crippen LogP contribution >= 0.6 is 11.3 Å². The molecule has 3 nitrogen and oxygen atoms in total. The SMILES string of the molecule is CC(CN=C(N)NCCc1ccccc1)Cc1cccs1. The second-order valence-corrected chi connectivity index (χ2v) is 6.31. The molecule has 3 N–H and O–H groups in total. The molecule has 21 heavy (non-hydrogen) atoms. The van der Waals surface area contributed by atoms with Crippen LogP contribution in [0.5, 0.6) is 0 Å². The van der Waals surface area contributed by atoms with Gasteiger partial charge in [-0.1, -0.05) is 43.3 Å². The summed E-state index contributed by atoms with van der Waals surface area (Å²) < 4.78 is 0. The Hall–Kier alpha value is -1.81. The van der Waals surface area contributed by atoms with Crippen molar-refractivity contribution in [2.24, 2.45) is 16.6 Å². The number of hydrogen-bond donors (Lipinski definition) is 2. The summed E-state index contributed by atoms with van der Waals surface area (Å²) in [5.41, 5.74) is 7.21. The molecule has 0 aliphatic rings. The number of hydrogen-bond acceptors (Lipinski definition) is 2. The summed E-state index contributed by atoms with van der Waals surface area (Å²) in [4.78, 5) is 5.83. The summed E-state index contributed by atoms with van der Waals surface area (Å²) in [6.45, 7) is 3.79. The second-order valence-electron chi connectivity index (χ2n) is 5.28. The first-order chi connectivity index (χ1) is 10.2. The van der Waals surface area contributed by atoms with Crippen LogP contribution in [0.4, 0.5) is 0 Å². The number of benzene rings is 1. The number of aliphatic imine (C=N–C) groups is 1. The molecule has 1 aromatic heterocycles. The summed E-state index contributed by atoms with van der Waals surface area (Å²) >= 11 is 1.80. The minimum absolute atomic E-state index is 0.512. The van der Waals surface area contributed by atoms with Gasteiger partial charge >= 0.3 is 0 Å². The predicted molar refractivity (Wildman–Crippen MR) is 91.8 cm³/mol. The van der Waals surface area contributed by atoms with Gasteiger partial charge in [0.15, 0.2) is 5.96 Å². The highest BCUT2D eigenvalue weighted by Gasteiger charge is 2.04. The number of rotatable bonds is 7. The Morgan fingerprint density at radius 1 is 1.24 bits per heavy atom. The smallest absolute Gasteiger partial charge is 0.188 e. The molecule has 0 saturated carbocycles. The lowest BCUT2D eigenvalue weighted by Crippen LogP contribution is -2.33. The summed E-state index contributed by atoms with van der Waals surface area (Å²) in [6, 6.07) is 14.7. The molecular formula is C17H23N3S. The van der Waals surface area contributed by atoms with Gasteiger partial charge in [-0.25, -0.2) is 0 Å². The molecular weight excluding hydrogens is 278 g/mol. The highest BCUT2D eigenvalue weighted by molar-refractivity contribution is 7.09. The van der Waals surface area contributed by atoms with E-state index in [-0.39, 0.29) is 0 Å². The number of nitrogens with zero attached hydrogens (tertiary/aromatic N) is 1. The topological polar surface area (TPSA) is 50.4 Å². The van der Waals surface area contributed by atoms with Gasteiger partial charge < -0.3 is 11.1 Å². The molecule has 2 aromatic rings. The zero-order valence-electron chi connectivity index (χ0n) is 12.5. The highest BCUT2D eigenvalue weighted by atomic mass is 32.1. The predicted octanol–water partition coefficient (Wildman–Crippen LogP) is 3.07. The van der Waals surface area contributed by atoms with Crippen LogP contribution < -0.4 is 11.1 Å². The fraction of sp³-hybridized carbons (Fsp3) is 0.353. The van der Waals surface area contributed by atoms with Gasteiger partial charge in [-0.05, 0) is 35.8 Å². The maximum atomic E-state index is 5.90. The van der Waals surface area contributed by atoms with E-state index in [4.69, 9.17) is 5.73 Å². The van der Waals surface area contributed by atoms with Crippen LogP contribution in [0.1, 0.15) is 17.4 Å². The van der Waals surface area contributed by atoms with E-state index < -0.39 is 0 Å². The lowest BCUT2D eigenvalue weighted by Gasteiger charge is -2.09. The zero-order valence-corrected chi connectivity index (χ0v) is 13.3. The van der Waals surface area contributed by atoms with Crippen LogP contribution in [-0.2, 0) is 12.8 Å². The summed E-state index contributed by atoms with van der Waals surface area (Å²) in [5.74, 6) is 1.06. The van der Waals surface area contributed by atoms with Crippen molar-refractivity contribution in [1.82, 2.24) is 5.32 Å². The first-order valence-electron chi connectivity index (χ1n) is 7.34. The first kappa shape index (κ1) is 15.6. The van der Waals surface area contributed by atoms with Crippen LogP contribution in [0.2, 0.25) is 0 Å². The van der Waals surface area contributed by atoms with Crippen LogP contribution in [0.25, 0.3) is 0 Å². The zero-order chi connectivity index (χ0) is 14.9. The summed E-state index contributed by atoms with van der Waals surface area (Å²) in [6.07, 6.45) is 2.03. The van der Waals surface area contributed by atoms with Crippen molar-refractivity contribution in [3.63, 3.8) is 0 Å². The summed E-state index contributed by atoms with van der Waals surface area (Å²) in [7, 11) is 0. The molecule has 0 saturated heterocycles. The largest absolute Gasteiger partial charge is 0.370 e. The van der Waals surface area contributed by atoms with Crippen molar-refractivity contribution in [2.75, 3.05) is 13.1 Å². The van der Waals surface area contributed by atoms with Crippen LogP contribution in [0.3, 0.4) is 0 Å². The maximum absolute atomic E-state index is 5.90. The quantitative estimate of drug-likeness (QED) is 0.610. The second kappa shape index (κ2) is 8.47. The van der Waals surface area contributed by atoms with Crippen molar-refractivity contribution >= 4 is 17.3 Å². The Kier molecular flexibility index (Phi) is 6.28. The lowest BCUT2D eigenvalue weighted by molar-refractivity contribution is 0.597. The van der Waals surface area contributed by atoms with Gasteiger partial charge in [-0.15, -0.1) is 11.3 Å². The van der Waals surface area contributed by atoms with Gasteiger partial charge in [0.25, 0.3) is 0 Å². The lowest BCUT2D eigenvalue weighted by atomic mass is 10.1. The Morgan fingerprint density at radius 3 is 2.76 bits per heavy atom. The van der Waals surface area contributed by atoms with Crippen molar-refractivity contribution in [3.8, 4) is 0 Å². The normalized spacial score (nSPS) is 13.1. The Morgan fingerprint density at radius 2 is 2.05 bits per heavy atom. The molecule has 0 spiro atoms. The molecule has 0 fully saturated rings. The molecule has 1 heterocycles. The third-order valence-electron chi connectivity index (χ3n) is 3.27. The molecule has 1 aromatic carbocycles. The molecule has 0 aliphatic heterocycles. The van der Waals surface area contributed by atoms with Gasteiger partial charge in [0.1, 0.15) is 0 Å². The Balaban J connectivity index is 1.66. The third kappa shape index (κ3) is 6.00. The Bertz CT molecular complexity index is 534. The van der Waals surface area contributed by atoms with Crippen molar-refractivity contribution in [1.29, 1.82) is 0 Å². The van der Waals surface area contributed by atoms with Crippen molar-refractivity contribution < 1.29 is 0 Å². The van der Waals surface area contributed by atoms with E-state index in [0.29, 0.717) is 11.9 Å². The van der Waals surface area contributed by atoms with Crippen molar-refractivity contribution in [2.45, 2.75) is 19.8 Å². The maximum Gasteiger partial charge on any atom is 0.188 e. The fourth-order valence-corrected chi connectivity index (χ4v) is 3.00. The standard InChI is InChI=1S/C17H23N3S/c1-14(12-16-8-5-11-21-16)13-20-17(18)19-10-9-15-6-3-2-4-7-15/h2-8,11,14H,9-10,12-13H2,1H3,(H3,18,19,20). The molecule has 1 atom stereocenters. The van der Waals surface area contributed by atoms with Crippen LogP contribution in [0.15, 0.2) is 52.8 Å². The van der Waals surface area contributed by atoms with E-state index in [1.807, 2.05) is 6.07 Å². The van der Waals surface area contributed by atoms with Crippen molar-refractivity contribution in [3.05, 3.63) is 58.3 Å². The van der Waals surface area contributed by atoms with Gasteiger partial charge in [0.2, 0.25) is 0 Å². The monoisotopic (exact) mass is 301 g/mol. The number of guanidine groups is 1. The van der Waals surface area contributed by atoms with E-state index in [1.165, 1.54) is 10.4 Å². The van der Waals surface area contributed by atoms with E-state index in [1.54, 1.807) is 11.3 Å². The first-order valence-corrected chi connectivity index (χ1v) is 8.22. The van der Waals surface area contributed by atoms with E-state index >= 15 is 0 Å². The molecule has 4 heteroatoms. The molecule has 112 valence electrons.